The van der Waals surface area contributed by atoms with Crippen LogP contribution in [0.25, 0.3) is 0 Å². The highest BCUT2D eigenvalue weighted by atomic mass is 32.2. The molecule has 0 bridgehead atoms. The van der Waals surface area contributed by atoms with Crippen LogP contribution in [0.5, 0.6) is 0 Å². The van der Waals surface area contributed by atoms with Crippen molar-refractivity contribution in [3.63, 3.8) is 0 Å². The van der Waals surface area contributed by atoms with Crippen LogP contribution in [-0.2, 0) is 20.0 Å². The maximum atomic E-state index is 4.64. The van der Waals surface area contributed by atoms with Crippen molar-refractivity contribution in [2.75, 3.05) is 25.1 Å². The van der Waals surface area contributed by atoms with Crippen LogP contribution in [0.15, 0.2) is 29.4 Å². The number of aryl methyl sites for hydroxylation is 1. The van der Waals surface area contributed by atoms with E-state index in [0.717, 1.165) is 55.0 Å². The molecular weight excluding hydrogens is 334 g/mol. The number of aliphatic imine (C=N–C) groups is 1. The third-order valence-electron chi connectivity index (χ3n) is 3.78. The Bertz CT molecular complexity index is 654. The third kappa shape index (κ3) is 6.74. The maximum absolute atomic E-state index is 4.64. The largest absolute Gasteiger partial charge is 0.356 e. The number of nitrogens with zero attached hydrogens (tertiary/aromatic N) is 5. The summed E-state index contributed by atoms with van der Waals surface area (Å²) in [6, 6.07) is 5.97. The van der Waals surface area contributed by atoms with Crippen LogP contribution in [0.4, 0.5) is 0 Å². The van der Waals surface area contributed by atoms with Gasteiger partial charge in [-0.15, -0.1) is 10.2 Å². The SMILES string of the molecule is CSCCCNC(=NCc1nnc(C)n1C)NCCc1ccccn1. The van der Waals surface area contributed by atoms with Gasteiger partial charge in [0, 0.05) is 38.4 Å². The van der Waals surface area contributed by atoms with Gasteiger partial charge in [-0.3, -0.25) is 4.98 Å². The van der Waals surface area contributed by atoms with E-state index in [1.165, 1.54) is 0 Å². The Balaban J connectivity index is 1.89. The Labute approximate surface area is 153 Å². The number of hydrogen-bond acceptors (Lipinski definition) is 5. The summed E-state index contributed by atoms with van der Waals surface area (Å²) in [6.07, 6.45) is 5.90. The fraction of sp³-hybridized carbons (Fsp3) is 0.529. The average Bonchev–Trinajstić information content (AvgIpc) is 2.95. The Hall–Kier alpha value is -2.09. The number of pyridine rings is 1. The summed E-state index contributed by atoms with van der Waals surface area (Å²) in [5.41, 5.74) is 1.07. The van der Waals surface area contributed by atoms with Crippen LogP contribution in [0.1, 0.15) is 23.8 Å². The van der Waals surface area contributed by atoms with E-state index in [1.807, 2.05) is 54.7 Å². The van der Waals surface area contributed by atoms with Gasteiger partial charge in [0.15, 0.2) is 11.8 Å². The zero-order valence-corrected chi connectivity index (χ0v) is 16.0. The molecule has 0 radical (unpaired) electrons. The Morgan fingerprint density at radius 2 is 2.08 bits per heavy atom. The van der Waals surface area contributed by atoms with Crippen molar-refractivity contribution in [2.45, 2.75) is 26.3 Å². The first-order valence-corrected chi connectivity index (χ1v) is 9.86. The summed E-state index contributed by atoms with van der Waals surface area (Å²) < 4.78 is 1.96. The second-order valence-electron chi connectivity index (χ2n) is 5.66. The van der Waals surface area contributed by atoms with E-state index in [1.54, 1.807) is 0 Å². The summed E-state index contributed by atoms with van der Waals surface area (Å²) in [5, 5.41) is 15.0. The number of nitrogens with one attached hydrogen (secondary N) is 2. The molecule has 0 amide bonds. The van der Waals surface area contributed by atoms with Gasteiger partial charge < -0.3 is 15.2 Å². The molecule has 2 heterocycles. The molecule has 2 N–H and O–H groups in total. The van der Waals surface area contributed by atoms with Crippen molar-refractivity contribution in [3.05, 3.63) is 41.7 Å². The van der Waals surface area contributed by atoms with Crippen LogP contribution in [0.3, 0.4) is 0 Å². The van der Waals surface area contributed by atoms with Crippen LogP contribution in [0.2, 0.25) is 0 Å². The molecule has 0 aliphatic rings. The van der Waals surface area contributed by atoms with Gasteiger partial charge in [-0.05, 0) is 37.5 Å². The lowest BCUT2D eigenvalue weighted by molar-refractivity contribution is 0.739. The summed E-state index contributed by atoms with van der Waals surface area (Å²) in [6.45, 7) is 4.11. The van der Waals surface area contributed by atoms with Crippen molar-refractivity contribution in [3.8, 4) is 0 Å². The summed E-state index contributed by atoms with van der Waals surface area (Å²) in [4.78, 5) is 8.99. The maximum Gasteiger partial charge on any atom is 0.191 e. The average molecular weight is 362 g/mol. The number of hydrogen-bond donors (Lipinski definition) is 2. The molecule has 136 valence electrons. The second kappa shape index (κ2) is 10.7. The van der Waals surface area contributed by atoms with Gasteiger partial charge in [0.05, 0.1) is 0 Å². The van der Waals surface area contributed by atoms with Crippen LogP contribution < -0.4 is 10.6 Å². The number of thioether (sulfide) groups is 1. The molecule has 0 aromatic carbocycles. The molecule has 0 aliphatic carbocycles. The van der Waals surface area contributed by atoms with E-state index in [-0.39, 0.29) is 0 Å². The first-order valence-electron chi connectivity index (χ1n) is 8.46. The standard InChI is InChI=1S/C17H27N7S/c1-14-22-23-16(24(14)2)13-21-17(19-10-6-12-25-3)20-11-8-15-7-4-5-9-18-15/h4-5,7,9H,6,8,10-13H2,1-3H3,(H2,19,20,21). The minimum Gasteiger partial charge on any atom is -0.356 e. The van der Waals surface area contributed by atoms with Gasteiger partial charge in [-0.25, -0.2) is 4.99 Å². The summed E-state index contributed by atoms with van der Waals surface area (Å²) in [5.74, 6) is 3.68. The first-order chi connectivity index (χ1) is 12.2. The molecule has 0 spiro atoms. The minimum atomic E-state index is 0.499. The van der Waals surface area contributed by atoms with E-state index in [2.05, 4.69) is 37.1 Å². The second-order valence-corrected chi connectivity index (χ2v) is 6.64. The third-order valence-corrected chi connectivity index (χ3v) is 4.48. The topological polar surface area (TPSA) is 80.0 Å². The molecule has 0 atom stereocenters. The van der Waals surface area contributed by atoms with Crippen molar-refractivity contribution in [2.24, 2.45) is 12.0 Å². The van der Waals surface area contributed by atoms with E-state index < -0.39 is 0 Å². The van der Waals surface area contributed by atoms with Gasteiger partial charge in [0.25, 0.3) is 0 Å². The first kappa shape index (κ1) is 19.2. The fourth-order valence-electron chi connectivity index (χ4n) is 2.19. The number of aromatic nitrogens is 4. The lowest BCUT2D eigenvalue weighted by Crippen LogP contribution is -2.39. The zero-order valence-electron chi connectivity index (χ0n) is 15.2. The fourth-order valence-corrected chi connectivity index (χ4v) is 2.62. The molecule has 0 unspecified atom stereocenters. The van der Waals surface area contributed by atoms with E-state index in [0.29, 0.717) is 6.54 Å². The van der Waals surface area contributed by atoms with Gasteiger partial charge >= 0.3 is 0 Å². The van der Waals surface area contributed by atoms with Gasteiger partial charge in [0.1, 0.15) is 12.4 Å². The molecule has 0 saturated carbocycles. The molecule has 25 heavy (non-hydrogen) atoms. The Kier molecular flexibility index (Phi) is 8.24. The normalized spacial score (nSPS) is 11.6. The lowest BCUT2D eigenvalue weighted by Gasteiger charge is -2.12. The Morgan fingerprint density at radius 1 is 1.24 bits per heavy atom. The number of guanidine groups is 1. The van der Waals surface area contributed by atoms with E-state index in [4.69, 9.17) is 0 Å². The zero-order chi connectivity index (χ0) is 17.9. The van der Waals surface area contributed by atoms with Crippen molar-refractivity contribution in [1.29, 1.82) is 0 Å². The van der Waals surface area contributed by atoms with E-state index >= 15 is 0 Å². The minimum absolute atomic E-state index is 0.499. The monoisotopic (exact) mass is 361 g/mol. The van der Waals surface area contributed by atoms with E-state index in [9.17, 15) is 0 Å². The van der Waals surface area contributed by atoms with Gasteiger partial charge in [-0.1, -0.05) is 6.07 Å². The molecule has 2 aromatic rings. The molecule has 7 nitrogen and oxygen atoms in total. The quantitative estimate of drug-likeness (QED) is 0.401. The molecule has 0 saturated heterocycles. The highest BCUT2D eigenvalue weighted by Gasteiger charge is 2.05. The number of rotatable bonds is 9. The molecule has 2 aromatic heterocycles. The summed E-state index contributed by atoms with van der Waals surface area (Å²) in [7, 11) is 1.96. The van der Waals surface area contributed by atoms with Crippen molar-refractivity contribution >= 4 is 17.7 Å². The predicted molar refractivity (Wildman–Crippen MR) is 104 cm³/mol. The summed E-state index contributed by atoms with van der Waals surface area (Å²) >= 11 is 1.85. The molecule has 8 heteroatoms. The van der Waals surface area contributed by atoms with Crippen LogP contribution in [-0.4, -0.2) is 50.8 Å². The van der Waals surface area contributed by atoms with Crippen LogP contribution in [0, 0.1) is 6.92 Å². The van der Waals surface area contributed by atoms with Crippen molar-refractivity contribution < 1.29 is 0 Å². The highest BCUT2D eigenvalue weighted by Crippen LogP contribution is 1.99. The van der Waals surface area contributed by atoms with Gasteiger partial charge in [0.2, 0.25) is 0 Å². The van der Waals surface area contributed by atoms with Crippen LogP contribution >= 0.6 is 11.8 Å². The highest BCUT2D eigenvalue weighted by molar-refractivity contribution is 7.98. The molecule has 0 aliphatic heterocycles. The molecular formula is C17H27N7S. The molecule has 2 rings (SSSR count). The lowest BCUT2D eigenvalue weighted by atomic mass is 10.3. The Morgan fingerprint density at radius 3 is 2.76 bits per heavy atom. The van der Waals surface area contributed by atoms with Gasteiger partial charge in [-0.2, -0.15) is 11.8 Å². The predicted octanol–water partition coefficient (Wildman–Crippen LogP) is 1.55. The smallest absolute Gasteiger partial charge is 0.191 e. The van der Waals surface area contributed by atoms with Crippen molar-refractivity contribution in [1.82, 2.24) is 30.4 Å². The molecule has 0 fully saturated rings.